The molecular formula is C20H20BrN3O6. The topological polar surface area (TPSA) is 139 Å². The van der Waals surface area contributed by atoms with Crippen LogP contribution in [0.15, 0.2) is 53.0 Å². The van der Waals surface area contributed by atoms with Crippen molar-refractivity contribution in [2.45, 2.75) is 31.8 Å². The number of non-ortho nitro benzene ring substituents is 1. The maximum atomic E-state index is 12.5. The number of halogens is 1. The molecule has 0 aliphatic rings. The highest BCUT2D eigenvalue weighted by molar-refractivity contribution is 9.10. The lowest BCUT2D eigenvalue weighted by molar-refractivity contribution is -0.384. The van der Waals surface area contributed by atoms with Crippen LogP contribution < -0.4 is 10.6 Å². The van der Waals surface area contributed by atoms with Crippen molar-refractivity contribution in [1.29, 1.82) is 0 Å². The Morgan fingerprint density at radius 2 is 1.63 bits per heavy atom. The monoisotopic (exact) mass is 477 g/mol. The number of carboxylic acids is 1. The number of amides is 2. The van der Waals surface area contributed by atoms with Gasteiger partial charge >= 0.3 is 5.97 Å². The van der Waals surface area contributed by atoms with Gasteiger partial charge in [-0.15, -0.1) is 0 Å². The van der Waals surface area contributed by atoms with Gasteiger partial charge in [0.15, 0.2) is 0 Å². The molecule has 0 bridgehead atoms. The van der Waals surface area contributed by atoms with E-state index >= 15 is 0 Å². The summed E-state index contributed by atoms with van der Waals surface area (Å²) < 4.78 is 0.872. The van der Waals surface area contributed by atoms with Crippen LogP contribution in [0.25, 0.3) is 0 Å². The van der Waals surface area contributed by atoms with Gasteiger partial charge < -0.3 is 15.7 Å². The molecule has 30 heavy (non-hydrogen) atoms. The number of carbonyl (C=O) groups excluding carboxylic acids is 2. The van der Waals surface area contributed by atoms with Crippen molar-refractivity contribution in [2.24, 2.45) is 0 Å². The Balaban J connectivity index is 1.96. The lowest BCUT2D eigenvalue weighted by Crippen LogP contribution is -2.47. The van der Waals surface area contributed by atoms with E-state index in [4.69, 9.17) is 5.11 Å². The average Bonchev–Trinajstić information content (AvgIpc) is 2.71. The predicted octanol–water partition coefficient (Wildman–Crippen LogP) is 2.57. The number of carboxylic acid groups (broad SMARTS) is 1. The third-order valence-corrected chi connectivity index (χ3v) is 4.72. The van der Waals surface area contributed by atoms with Crippen LogP contribution in [0.5, 0.6) is 0 Å². The summed E-state index contributed by atoms with van der Waals surface area (Å²) in [6, 6.07) is 11.8. The minimum absolute atomic E-state index is 0.0481. The van der Waals surface area contributed by atoms with Crippen LogP contribution in [0.4, 0.5) is 5.69 Å². The minimum atomic E-state index is -1.08. The van der Waals surface area contributed by atoms with Gasteiger partial charge in [0.1, 0.15) is 6.04 Å². The van der Waals surface area contributed by atoms with Gasteiger partial charge in [0.2, 0.25) is 11.8 Å². The Labute approximate surface area is 180 Å². The largest absolute Gasteiger partial charge is 0.481 e. The highest BCUT2D eigenvalue weighted by atomic mass is 79.9. The summed E-state index contributed by atoms with van der Waals surface area (Å²) in [5, 5.41) is 24.8. The molecule has 1 atom stereocenters. The molecule has 0 aliphatic carbocycles. The summed E-state index contributed by atoms with van der Waals surface area (Å²) in [6.07, 6.45) is -0.297. The van der Waals surface area contributed by atoms with Crippen molar-refractivity contribution in [3.8, 4) is 0 Å². The Morgan fingerprint density at radius 1 is 1.03 bits per heavy atom. The lowest BCUT2D eigenvalue weighted by Gasteiger charge is -2.18. The van der Waals surface area contributed by atoms with Crippen LogP contribution in [-0.2, 0) is 27.3 Å². The second-order valence-electron chi connectivity index (χ2n) is 6.50. The van der Waals surface area contributed by atoms with E-state index in [0.717, 1.165) is 10.0 Å². The van der Waals surface area contributed by atoms with Crippen molar-refractivity contribution < 1.29 is 24.4 Å². The molecular weight excluding hydrogens is 458 g/mol. The van der Waals surface area contributed by atoms with Gasteiger partial charge in [-0.2, -0.15) is 0 Å². The van der Waals surface area contributed by atoms with Crippen LogP contribution in [0.2, 0.25) is 0 Å². The fourth-order valence-electron chi connectivity index (χ4n) is 2.62. The first-order valence-corrected chi connectivity index (χ1v) is 9.80. The van der Waals surface area contributed by atoms with Crippen molar-refractivity contribution >= 4 is 39.4 Å². The fraction of sp³-hybridized carbons (Fsp3) is 0.250. The summed E-state index contributed by atoms with van der Waals surface area (Å²) in [6.45, 7) is 0.0863. The van der Waals surface area contributed by atoms with E-state index in [-0.39, 0.29) is 31.5 Å². The van der Waals surface area contributed by atoms with E-state index in [1.165, 1.54) is 24.3 Å². The van der Waals surface area contributed by atoms with Crippen LogP contribution in [0.3, 0.4) is 0 Å². The molecule has 10 heteroatoms. The summed E-state index contributed by atoms with van der Waals surface area (Å²) in [7, 11) is 0. The van der Waals surface area contributed by atoms with Gasteiger partial charge in [-0.25, -0.2) is 0 Å². The summed E-state index contributed by atoms with van der Waals surface area (Å²) in [4.78, 5) is 45.9. The molecule has 0 aliphatic heterocycles. The fourth-order valence-corrected chi connectivity index (χ4v) is 2.88. The third kappa shape index (κ3) is 7.63. The number of aliphatic carboxylic acids is 1. The van der Waals surface area contributed by atoms with Crippen molar-refractivity contribution in [3.63, 3.8) is 0 Å². The molecule has 2 aromatic rings. The van der Waals surface area contributed by atoms with Gasteiger partial charge in [-0.3, -0.25) is 24.5 Å². The van der Waals surface area contributed by atoms with E-state index in [1.807, 2.05) is 0 Å². The molecule has 2 rings (SSSR count). The Hall–Kier alpha value is -3.27. The van der Waals surface area contributed by atoms with Crippen molar-refractivity contribution in [2.75, 3.05) is 0 Å². The van der Waals surface area contributed by atoms with Crippen molar-refractivity contribution in [3.05, 3.63) is 74.2 Å². The van der Waals surface area contributed by atoms with Crippen LogP contribution in [0, 0.1) is 10.1 Å². The summed E-state index contributed by atoms with van der Waals surface area (Å²) in [5.41, 5.74) is 1.32. The minimum Gasteiger partial charge on any atom is -0.481 e. The summed E-state index contributed by atoms with van der Waals surface area (Å²) in [5.74, 6) is -2.01. The third-order valence-electron chi connectivity index (χ3n) is 4.19. The molecule has 0 spiro atoms. The maximum absolute atomic E-state index is 12.5. The molecule has 158 valence electrons. The molecule has 0 unspecified atom stereocenters. The van der Waals surface area contributed by atoms with E-state index in [2.05, 4.69) is 26.6 Å². The maximum Gasteiger partial charge on any atom is 0.303 e. The quantitative estimate of drug-likeness (QED) is 0.355. The molecule has 0 fully saturated rings. The molecule has 2 amide bonds. The Morgan fingerprint density at radius 3 is 2.20 bits per heavy atom. The number of nitro groups is 1. The number of rotatable bonds is 10. The number of carbonyl (C=O) groups is 3. The number of nitrogens with zero attached hydrogens (tertiary/aromatic N) is 1. The predicted molar refractivity (Wildman–Crippen MR) is 112 cm³/mol. The zero-order chi connectivity index (χ0) is 22.1. The SMILES string of the molecule is O=C(O)CC[C@H](NC(=O)Cc1ccc(Br)cc1)C(=O)NCc1ccc([N+](=O)[O-])cc1. The van der Waals surface area contributed by atoms with Crippen molar-refractivity contribution in [1.82, 2.24) is 10.6 Å². The molecule has 2 aromatic carbocycles. The molecule has 9 nitrogen and oxygen atoms in total. The van der Waals surface area contributed by atoms with Gasteiger partial charge in [0, 0.05) is 29.6 Å². The smallest absolute Gasteiger partial charge is 0.303 e. The molecule has 0 aromatic heterocycles. The van der Waals surface area contributed by atoms with Crippen LogP contribution >= 0.6 is 15.9 Å². The zero-order valence-corrected chi connectivity index (χ0v) is 17.4. The first kappa shape index (κ1) is 23.0. The van der Waals surface area contributed by atoms with Gasteiger partial charge in [0.05, 0.1) is 11.3 Å². The van der Waals surface area contributed by atoms with E-state index in [0.29, 0.717) is 5.56 Å². The molecule has 0 radical (unpaired) electrons. The number of nitro benzene ring substituents is 1. The summed E-state index contributed by atoms with van der Waals surface area (Å²) >= 11 is 3.31. The Bertz CT molecular complexity index is 915. The van der Waals surface area contributed by atoms with E-state index in [1.54, 1.807) is 24.3 Å². The van der Waals surface area contributed by atoms with E-state index in [9.17, 15) is 24.5 Å². The standard InChI is InChI=1S/C20H20BrN3O6/c21-15-5-1-13(2-6-15)11-18(25)23-17(9-10-19(26)27)20(28)22-12-14-3-7-16(8-4-14)24(29)30/h1-8,17H,9-12H2,(H,22,28)(H,23,25)(H,26,27)/t17-/m0/s1. The normalized spacial score (nSPS) is 11.4. The first-order chi connectivity index (χ1) is 14.2. The zero-order valence-electron chi connectivity index (χ0n) is 15.8. The second-order valence-corrected chi connectivity index (χ2v) is 7.41. The Kier molecular flexibility index (Phi) is 8.48. The van der Waals surface area contributed by atoms with Crippen LogP contribution in [-0.4, -0.2) is 33.9 Å². The lowest BCUT2D eigenvalue weighted by atomic mass is 10.1. The number of hydrogen-bond donors (Lipinski definition) is 3. The van der Waals surface area contributed by atoms with Gasteiger partial charge in [-0.05, 0) is 29.7 Å². The molecule has 3 N–H and O–H groups in total. The van der Waals surface area contributed by atoms with E-state index < -0.39 is 28.7 Å². The highest BCUT2D eigenvalue weighted by Crippen LogP contribution is 2.12. The van der Waals surface area contributed by atoms with Gasteiger partial charge in [0.25, 0.3) is 5.69 Å². The average molecular weight is 478 g/mol. The second kappa shape index (κ2) is 11.1. The molecule has 0 saturated heterocycles. The van der Waals surface area contributed by atoms with Gasteiger partial charge in [-0.1, -0.05) is 40.2 Å². The number of nitrogens with one attached hydrogen (secondary N) is 2. The number of benzene rings is 2. The highest BCUT2D eigenvalue weighted by Gasteiger charge is 2.21. The first-order valence-electron chi connectivity index (χ1n) is 9.01. The molecule has 0 heterocycles. The number of hydrogen-bond acceptors (Lipinski definition) is 5. The molecule has 0 saturated carbocycles. The van der Waals surface area contributed by atoms with Crippen LogP contribution in [0.1, 0.15) is 24.0 Å².